The van der Waals surface area contributed by atoms with Gasteiger partial charge in [0.05, 0.1) is 25.7 Å². The van der Waals surface area contributed by atoms with E-state index >= 15 is 0 Å². The summed E-state index contributed by atoms with van der Waals surface area (Å²) in [7, 11) is -10.1. The molecule has 0 bridgehead atoms. The summed E-state index contributed by atoms with van der Waals surface area (Å²) >= 11 is 0. The normalized spacial score (nSPS) is 10.5. The molecule has 0 amide bonds. The van der Waals surface area contributed by atoms with E-state index in [1.165, 1.54) is 0 Å². The molecule has 0 aromatic heterocycles. The molecule has 16 nitrogen and oxygen atoms in total. The molecular weight excluding hydrogens is 572 g/mol. The van der Waals surface area contributed by atoms with Crippen molar-refractivity contribution in [2.45, 2.75) is 25.7 Å². The minimum Gasteiger partial charge on any atom is -0.596 e. The fraction of sp³-hybridized carbons (Fsp3) is 0.667. The molecule has 0 aromatic carbocycles. The van der Waals surface area contributed by atoms with Gasteiger partial charge in [0, 0.05) is 0 Å². The molecule has 0 aliphatic rings. The fourth-order valence-corrected chi connectivity index (χ4v) is 2.24. The third-order valence-corrected chi connectivity index (χ3v) is 4.39. The van der Waals surface area contributed by atoms with Gasteiger partial charge in [0.15, 0.2) is 24.6 Å². The van der Waals surface area contributed by atoms with Gasteiger partial charge in [-0.3, -0.25) is 19.2 Å². The second-order valence-electron chi connectivity index (χ2n) is 4.80. The molecule has 0 aromatic rings. The first-order valence-electron chi connectivity index (χ1n) is 7.85. The van der Waals surface area contributed by atoms with E-state index in [0.29, 0.717) is 0 Å². The van der Waals surface area contributed by atoms with E-state index in [-0.39, 0.29) is 72.0 Å². The Bertz CT molecular complexity index is 502. The molecule has 0 saturated carbocycles. The molecule has 0 aliphatic heterocycles. The van der Waals surface area contributed by atoms with Gasteiger partial charge in [-0.05, 0) is 0 Å². The van der Waals surface area contributed by atoms with Crippen molar-refractivity contribution in [1.82, 2.24) is 0 Å². The number of aliphatic carboxylic acids is 4. The Hall–Kier alpha value is -1.17. The molecule has 0 saturated heterocycles. The number of carboxylic acids is 4. The SMILES string of the molecule is O=C(O)CC[P+](=O)[O-].O=C(O)CC[P+](=O)[O-].O=C(O)CC[P+](=O)[O-].O=C(O)CC[P+](=O)[O-].[Ti+4]. The van der Waals surface area contributed by atoms with Gasteiger partial charge in [0.25, 0.3) is 0 Å². The van der Waals surface area contributed by atoms with Gasteiger partial charge in [-0.2, -0.15) is 0 Å². The molecule has 4 atom stereocenters. The van der Waals surface area contributed by atoms with Crippen molar-refractivity contribution in [3.05, 3.63) is 0 Å². The van der Waals surface area contributed by atoms with Crippen LogP contribution in [0.4, 0.5) is 0 Å². The van der Waals surface area contributed by atoms with E-state index in [1.54, 1.807) is 0 Å². The van der Waals surface area contributed by atoms with E-state index in [1.807, 2.05) is 0 Å². The van der Waals surface area contributed by atoms with Gasteiger partial charge < -0.3 is 40.0 Å². The first-order chi connectivity index (χ1) is 14.5. The average Bonchev–Trinajstić information content (AvgIpc) is 2.63. The largest absolute Gasteiger partial charge is 4.00 e. The van der Waals surface area contributed by atoms with Gasteiger partial charge >= 0.3 is 77.7 Å². The van der Waals surface area contributed by atoms with E-state index in [2.05, 4.69) is 0 Å². The van der Waals surface area contributed by atoms with Crippen molar-refractivity contribution in [2.24, 2.45) is 0 Å². The van der Waals surface area contributed by atoms with Crippen LogP contribution in [0.3, 0.4) is 0 Å². The Morgan fingerprint density at radius 2 is 0.576 bits per heavy atom. The Balaban J connectivity index is -0.000000105. The van der Waals surface area contributed by atoms with E-state index < -0.39 is 56.0 Å². The zero-order chi connectivity index (χ0) is 26.3. The Morgan fingerprint density at radius 3 is 0.606 bits per heavy atom. The maximum absolute atomic E-state index is 9.68. The molecule has 0 heterocycles. The van der Waals surface area contributed by atoms with Crippen LogP contribution in [0.5, 0.6) is 0 Å². The first kappa shape index (κ1) is 42.0. The number of hydrogen-bond donors (Lipinski definition) is 4. The maximum atomic E-state index is 9.68. The molecule has 0 spiro atoms. The van der Waals surface area contributed by atoms with Crippen molar-refractivity contribution < 1.29 is 99.2 Å². The summed E-state index contributed by atoms with van der Waals surface area (Å²) in [4.78, 5) is 77.3. The number of carbonyl (C=O) groups is 4. The molecule has 184 valence electrons. The fourth-order valence-electron chi connectivity index (χ4n) is 0.748. The monoisotopic (exact) mass is 592 g/mol. The van der Waals surface area contributed by atoms with Crippen LogP contribution in [0.2, 0.25) is 0 Å². The predicted molar refractivity (Wildman–Crippen MR) is 98.9 cm³/mol. The maximum Gasteiger partial charge on any atom is 4.00 e. The zero-order valence-electron chi connectivity index (χ0n) is 16.6. The van der Waals surface area contributed by atoms with E-state index in [0.717, 1.165) is 0 Å². The minimum atomic E-state index is -2.51. The molecule has 4 N–H and O–H groups in total. The van der Waals surface area contributed by atoms with Gasteiger partial charge in [-0.15, -0.1) is 0 Å². The minimum absolute atomic E-state index is 0. The second-order valence-corrected chi connectivity index (χ2v) is 9.25. The standard InChI is InChI=1S/4C3H5O4P.Ti/c4*4-3(5)1-2-8(6)7;/h4*1-2H2,(H,4,5);/q;;;;+4. The van der Waals surface area contributed by atoms with E-state index in [9.17, 15) is 57.0 Å². The van der Waals surface area contributed by atoms with Crippen LogP contribution in [-0.2, 0) is 59.2 Å². The Labute approximate surface area is 205 Å². The number of rotatable bonds is 12. The van der Waals surface area contributed by atoms with Crippen molar-refractivity contribution in [2.75, 3.05) is 24.6 Å². The first-order valence-corrected chi connectivity index (χ1v) is 13.3. The summed E-state index contributed by atoms with van der Waals surface area (Å²) in [6.07, 6.45) is -2.21. The Kier molecular flexibility index (Phi) is 36.8. The van der Waals surface area contributed by atoms with E-state index in [4.69, 9.17) is 20.4 Å². The quantitative estimate of drug-likeness (QED) is 0.144. The number of carboxylic acid groups (broad SMARTS) is 4. The summed E-state index contributed by atoms with van der Waals surface area (Å²) < 4.78 is 38.7. The summed E-state index contributed by atoms with van der Waals surface area (Å²) in [5, 5.41) is 31.6. The third-order valence-electron chi connectivity index (χ3n) is 2.03. The van der Waals surface area contributed by atoms with Gasteiger partial charge in [-0.1, -0.05) is 18.3 Å². The van der Waals surface area contributed by atoms with Crippen LogP contribution in [-0.4, -0.2) is 69.0 Å². The van der Waals surface area contributed by atoms with Crippen molar-refractivity contribution in [1.29, 1.82) is 0 Å². The molecule has 0 radical (unpaired) electrons. The van der Waals surface area contributed by atoms with Crippen LogP contribution in [0, 0.1) is 0 Å². The van der Waals surface area contributed by atoms with Crippen LogP contribution >= 0.6 is 32.1 Å². The summed E-state index contributed by atoms with van der Waals surface area (Å²) in [6.45, 7) is 0. The average molecular weight is 592 g/mol. The summed E-state index contributed by atoms with van der Waals surface area (Å²) in [5.41, 5.74) is 0. The smallest absolute Gasteiger partial charge is 0.596 e. The van der Waals surface area contributed by atoms with Crippen LogP contribution in [0.25, 0.3) is 0 Å². The number of hydrogen-bond acceptors (Lipinski definition) is 12. The molecule has 21 heteroatoms. The Morgan fingerprint density at radius 1 is 0.455 bits per heavy atom. The molecule has 33 heavy (non-hydrogen) atoms. The molecule has 0 rings (SSSR count). The van der Waals surface area contributed by atoms with Gasteiger partial charge in [0.2, 0.25) is 0 Å². The van der Waals surface area contributed by atoms with Gasteiger partial charge in [0.1, 0.15) is 0 Å². The second kappa shape index (κ2) is 28.9. The van der Waals surface area contributed by atoms with Crippen LogP contribution in [0.15, 0.2) is 0 Å². The summed E-state index contributed by atoms with van der Waals surface area (Å²) in [5.74, 6) is -4.32. The predicted octanol–water partition coefficient (Wildman–Crippen LogP) is -1.75. The van der Waals surface area contributed by atoms with Crippen molar-refractivity contribution in [3.8, 4) is 0 Å². The van der Waals surface area contributed by atoms with Crippen molar-refractivity contribution in [3.63, 3.8) is 0 Å². The topological polar surface area (TPSA) is 310 Å². The molecule has 0 aliphatic carbocycles. The molecule has 0 fully saturated rings. The molecular formula is C12H20O16P4Ti+4. The summed E-state index contributed by atoms with van der Waals surface area (Å²) in [6, 6.07) is 0. The van der Waals surface area contributed by atoms with Gasteiger partial charge in [-0.25, -0.2) is 0 Å². The van der Waals surface area contributed by atoms with Crippen LogP contribution < -0.4 is 19.6 Å². The van der Waals surface area contributed by atoms with Crippen LogP contribution in [0.1, 0.15) is 25.7 Å². The molecule has 4 unspecified atom stereocenters. The van der Waals surface area contributed by atoms with Crippen molar-refractivity contribution >= 4 is 56.0 Å². The zero-order valence-corrected chi connectivity index (χ0v) is 21.8. The third kappa shape index (κ3) is 72.3.